The van der Waals surface area contributed by atoms with E-state index < -0.39 is 35.1 Å². The summed E-state index contributed by atoms with van der Waals surface area (Å²) in [5, 5.41) is 2.05. The molecule has 1 aromatic rings. The molecule has 1 aromatic carbocycles. The summed E-state index contributed by atoms with van der Waals surface area (Å²) in [4.78, 5) is 11.5. The third-order valence-electron chi connectivity index (χ3n) is 2.27. The molecule has 0 saturated heterocycles. The molecule has 0 bridgehead atoms. The number of halogens is 3. The Kier molecular flexibility index (Phi) is 4.11. The summed E-state index contributed by atoms with van der Waals surface area (Å²) < 4.78 is 38.9. The van der Waals surface area contributed by atoms with E-state index in [-0.39, 0.29) is 5.92 Å². The predicted octanol–water partition coefficient (Wildman–Crippen LogP) is 2.03. The van der Waals surface area contributed by atoms with Crippen molar-refractivity contribution in [1.82, 2.24) is 0 Å². The van der Waals surface area contributed by atoms with Crippen molar-refractivity contribution >= 4 is 11.6 Å². The Morgan fingerprint density at radius 3 is 2.41 bits per heavy atom. The second kappa shape index (κ2) is 5.18. The van der Waals surface area contributed by atoms with Crippen molar-refractivity contribution in [2.75, 3.05) is 5.32 Å². The fourth-order valence-electron chi connectivity index (χ4n) is 1.17. The van der Waals surface area contributed by atoms with Gasteiger partial charge in [-0.1, -0.05) is 13.8 Å². The van der Waals surface area contributed by atoms with Crippen molar-refractivity contribution in [2.24, 2.45) is 11.7 Å². The van der Waals surface area contributed by atoms with Crippen LogP contribution in [0.4, 0.5) is 18.9 Å². The Bertz CT molecular complexity index is 435. The topological polar surface area (TPSA) is 55.1 Å². The van der Waals surface area contributed by atoms with Crippen LogP contribution >= 0.6 is 0 Å². The van der Waals surface area contributed by atoms with E-state index in [1.165, 1.54) is 0 Å². The summed E-state index contributed by atoms with van der Waals surface area (Å²) in [5.74, 6) is -4.51. The first kappa shape index (κ1) is 13.5. The van der Waals surface area contributed by atoms with Crippen LogP contribution in [0, 0.1) is 23.4 Å². The maximum Gasteiger partial charge on any atom is 0.241 e. The third-order valence-corrected chi connectivity index (χ3v) is 2.27. The fourth-order valence-corrected chi connectivity index (χ4v) is 1.17. The highest BCUT2D eigenvalue weighted by Gasteiger charge is 2.20. The van der Waals surface area contributed by atoms with E-state index in [0.717, 1.165) is 0 Å². The Hall–Kier alpha value is -1.56. The third kappa shape index (κ3) is 3.20. The van der Waals surface area contributed by atoms with Crippen LogP contribution in [0.5, 0.6) is 0 Å². The number of carbonyl (C=O) groups is 1. The Balaban J connectivity index is 2.92. The van der Waals surface area contributed by atoms with Crippen molar-refractivity contribution in [3.05, 3.63) is 29.6 Å². The minimum Gasteiger partial charge on any atom is -0.322 e. The quantitative estimate of drug-likeness (QED) is 0.802. The van der Waals surface area contributed by atoms with E-state index in [2.05, 4.69) is 5.32 Å². The molecule has 94 valence electrons. The fraction of sp³-hybridized carbons (Fsp3) is 0.364. The molecule has 0 unspecified atom stereocenters. The highest BCUT2D eigenvalue weighted by molar-refractivity contribution is 5.94. The highest BCUT2D eigenvalue weighted by atomic mass is 19.2. The molecule has 0 saturated carbocycles. The van der Waals surface area contributed by atoms with Gasteiger partial charge in [-0.2, -0.15) is 0 Å². The summed E-state index contributed by atoms with van der Waals surface area (Å²) in [5.41, 5.74) is 4.96. The highest BCUT2D eigenvalue weighted by Crippen LogP contribution is 2.19. The predicted molar refractivity (Wildman–Crippen MR) is 57.8 cm³/mol. The normalized spacial score (nSPS) is 12.6. The molecule has 0 aliphatic heterocycles. The van der Waals surface area contributed by atoms with Crippen LogP contribution in [0.25, 0.3) is 0 Å². The molecule has 0 aliphatic rings. The van der Waals surface area contributed by atoms with Gasteiger partial charge in [-0.15, -0.1) is 0 Å². The second-order valence-electron chi connectivity index (χ2n) is 4.01. The molecule has 3 N–H and O–H groups in total. The van der Waals surface area contributed by atoms with E-state index in [0.29, 0.717) is 12.1 Å². The first-order valence-corrected chi connectivity index (χ1v) is 5.04. The van der Waals surface area contributed by atoms with Crippen molar-refractivity contribution in [3.8, 4) is 0 Å². The summed E-state index contributed by atoms with van der Waals surface area (Å²) in [6, 6.07) is 0.220. The van der Waals surface area contributed by atoms with E-state index in [9.17, 15) is 18.0 Å². The van der Waals surface area contributed by atoms with Gasteiger partial charge >= 0.3 is 0 Å². The van der Waals surface area contributed by atoms with Gasteiger partial charge in [0.1, 0.15) is 5.82 Å². The number of rotatable bonds is 3. The molecule has 3 nitrogen and oxygen atoms in total. The van der Waals surface area contributed by atoms with Gasteiger partial charge < -0.3 is 11.1 Å². The Labute approximate surface area is 96.8 Å². The van der Waals surface area contributed by atoms with Crippen molar-refractivity contribution < 1.29 is 18.0 Å². The Morgan fingerprint density at radius 1 is 1.29 bits per heavy atom. The molecule has 0 fully saturated rings. The SMILES string of the molecule is CC(C)[C@H](N)C(=O)Nc1cc(F)cc(F)c1F. The molecule has 1 amide bonds. The summed E-state index contributed by atoms with van der Waals surface area (Å²) in [6.07, 6.45) is 0. The van der Waals surface area contributed by atoms with Crippen LogP contribution < -0.4 is 11.1 Å². The van der Waals surface area contributed by atoms with E-state index >= 15 is 0 Å². The lowest BCUT2D eigenvalue weighted by Crippen LogP contribution is -2.40. The molecule has 1 atom stereocenters. The monoisotopic (exact) mass is 246 g/mol. The average Bonchev–Trinajstić information content (AvgIpc) is 2.23. The molecule has 0 aromatic heterocycles. The second-order valence-corrected chi connectivity index (χ2v) is 4.01. The number of nitrogens with two attached hydrogens (primary N) is 1. The molecule has 1 rings (SSSR count). The molecular formula is C11H13F3N2O. The zero-order valence-corrected chi connectivity index (χ0v) is 9.43. The van der Waals surface area contributed by atoms with Crippen LogP contribution in [0.15, 0.2) is 12.1 Å². The molecule has 0 aliphatic carbocycles. The smallest absolute Gasteiger partial charge is 0.241 e. The van der Waals surface area contributed by atoms with E-state index in [1.54, 1.807) is 13.8 Å². The summed E-state index contributed by atoms with van der Waals surface area (Å²) in [6.45, 7) is 3.40. The molecule has 17 heavy (non-hydrogen) atoms. The van der Waals surface area contributed by atoms with Gasteiger partial charge in [0, 0.05) is 12.1 Å². The summed E-state index contributed by atoms with van der Waals surface area (Å²) in [7, 11) is 0. The van der Waals surface area contributed by atoms with Gasteiger partial charge in [-0.05, 0) is 5.92 Å². The van der Waals surface area contributed by atoms with Gasteiger partial charge in [0.05, 0.1) is 11.7 Å². The van der Waals surface area contributed by atoms with Gasteiger partial charge in [0.2, 0.25) is 5.91 Å². The molecule has 6 heteroatoms. The van der Waals surface area contributed by atoms with Gasteiger partial charge in [-0.3, -0.25) is 4.79 Å². The zero-order valence-electron chi connectivity index (χ0n) is 9.43. The molecule has 0 spiro atoms. The number of anilines is 1. The number of nitrogens with one attached hydrogen (secondary N) is 1. The van der Waals surface area contributed by atoms with Crippen LogP contribution in [0.2, 0.25) is 0 Å². The first-order valence-electron chi connectivity index (χ1n) is 5.04. The van der Waals surface area contributed by atoms with Crippen molar-refractivity contribution in [2.45, 2.75) is 19.9 Å². The zero-order chi connectivity index (χ0) is 13.2. The maximum atomic E-state index is 13.2. The lowest BCUT2D eigenvalue weighted by Gasteiger charge is -2.15. The minimum absolute atomic E-state index is 0.170. The van der Waals surface area contributed by atoms with Gasteiger partial charge in [0.15, 0.2) is 11.6 Å². The first-order chi connectivity index (χ1) is 7.82. The number of hydrogen-bond acceptors (Lipinski definition) is 2. The average molecular weight is 246 g/mol. The largest absolute Gasteiger partial charge is 0.322 e. The lowest BCUT2D eigenvalue weighted by molar-refractivity contribution is -0.118. The van der Waals surface area contributed by atoms with Crippen molar-refractivity contribution in [3.63, 3.8) is 0 Å². The Morgan fingerprint density at radius 2 is 1.88 bits per heavy atom. The van der Waals surface area contributed by atoms with Crippen LogP contribution in [-0.2, 0) is 4.79 Å². The standard InChI is InChI=1S/C11H13F3N2O/c1-5(2)10(15)11(17)16-8-4-6(12)3-7(13)9(8)14/h3-5,10H,15H2,1-2H3,(H,16,17)/t10-/m0/s1. The molecule has 0 radical (unpaired) electrons. The van der Waals surface area contributed by atoms with Crippen molar-refractivity contribution in [1.29, 1.82) is 0 Å². The van der Waals surface area contributed by atoms with Crippen LogP contribution in [0.1, 0.15) is 13.8 Å². The van der Waals surface area contributed by atoms with Crippen LogP contribution in [0.3, 0.4) is 0 Å². The number of carbonyl (C=O) groups excluding carboxylic acids is 1. The number of hydrogen-bond donors (Lipinski definition) is 2. The molecular weight excluding hydrogens is 233 g/mol. The van der Waals surface area contributed by atoms with Gasteiger partial charge in [0.25, 0.3) is 0 Å². The van der Waals surface area contributed by atoms with Gasteiger partial charge in [-0.25, -0.2) is 13.2 Å². The summed E-state index contributed by atoms with van der Waals surface area (Å²) >= 11 is 0. The maximum absolute atomic E-state index is 13.2. The van der Waals surface area contributed by atoms with E-state index in [4.69, 9.17) is 5.73 Å². The molecule has 0 heterocycles. The van der Waals surface area contributed by atoms with E-state index in [1.807, 2.05) is 0 Å². The number of amides is 1. The number of benzene rings is 1. The lowest BCUT2D eigenvalue weighted by atomic mass is 10.0. The minimum atomic E-state index is -1.36. The van der Waals surface area contributed by atoms with Crippen LogP contribution in [-0.4, -0.2) is 11.9 Å².